The first-order valence-electron chi connectivity index (χ1n) is 5.18. The third-order valence-corrected chi connectivity index (χ3v) is 2.12. The quantitative estimate of drug-likeness (QED) is 0.706. The molecule has 1 heterocycles. The van der Waals surface area contributed by atoms with E-state index in [1.165, 1.54) is 6.08 Å². The second kappa shape index (κ2) is 5.05. The van der Waals surface area contributed by atoms with Crippen LogP contribution in [0.5, 0.6) is 0 Å². The van der Waals surface area contributed by atoms with Crippen LogP contribution < -0.4 is 5.32 Å². The first kappa shape index (κ1) is 12.6. The molecule has 0 saturated heterocycles. The molecular weight excluding hydrogens is 215 g/mol. The van der Waals surface area contributed by atoms with E-state index in [9.17, 15) is 13.2 Å². The predicted molar refractivity (Wildman–Crippen MR) is 60.3 cm³/mol. The molecule has 2 rings (SSSR count). The molecule has 1 aliphatic rings. The molecule has 0 spiro atoms. The van der Waals surface area contributed by atoms with Crippen molar-refractivity contribution in [1.29, 1.82) is 0 Å². The fourth-order valence-electron chi connectivity index (χ4n) is 1.40. The molecule has 0 saturated carbocycles. The van der Waals surface area contributed by atoms with E-state index in [0.717, 1.165) is 5.69 Å². The van der Waals surface area contributed by atoms with Gasteiger partial charge in [0.1, 0.15) is 0 Å². The number of hydrogen-bond acceptors (Lipinski definition) is 1. The lowest BCUT2D eigenvalue weighted by atomic mass is 10.0. The third kappa shape index (κ3) is 2.78. The number of hydrogen-bond donors (Lipinski definition) is 1. The fourth-order valence-corrected chi connectivity index (χ4v) is 1.40. The van der Waals surface area contributed by atoms with Gasteiger partial charge in [0, 0.05) is 12.2 Å². The molecule has 0 aromatic heterocycles. The van der Waals surface area contributed by atoms with E-state index < -0.39 is 11.7 Å². The summed E-state index contributed by atoms with van der Waals surface area (Å²) in [5, 5.41) is 2.73. The largest absolute Gasteiger partial charge is 0.414 e. The molecule has 0 amide bonds. The van der Waals surface area contributed by atoms with Crippen LogP contribution in [0.25, 0.3) is 6.08 Å². The molecule has 0 atom stereocenters. The van der Waals surface area contributed by atoms with Crippen LogP contribution in [0.1, 0.15) is 19.4 Å². The van der Waals surface area contributed by atoms with Gasteiger partial charge in [0.25, 0.3) is 0 Å². The van der Waals surface area contributed by atoms with Crippen molar-refractivity contribution in [2.45, 2.75) is 20.0 Å². The number of benzene rings is 1. The summed E-state index contributed by atoms with van der Waals surface area (Å²) in [7, 11) is 0. The summed E-state index contributed by atoms with van der Waals surface area (Å²) >= 11 is 0. The molecule has 0 aliphatic carbocycles. The lowest BCUT2D eigenvalue weighted by Crippen LogP contribution is -2.22. The lowest BCUT2D eigenvalue weighted by molar-refractivity contribution is -0.0909. The van der Waals surface area contributed by atoms with Crippen molar-refractivity contribution in [3.05, 3.63) is 35.4 Å². The second-order valence-corrected chi connectivity index (χ2v) is 3.11. The summed E-state index contributed by atoms with van der Waals surface area (Å²) in [4.78, 5) is 0. The minimum Gasteiger partial charge on any atom is -0.380 e. The van der Waals surface area contributed by atoms with Crippen LogP contribution in [0.2, 0.25) is 0 Å². The zero-order valence-corrected chi connectivity index (χ0v) is 9.23. The molecule has 1 aromatic carbocycles. The van der Waals surface area contributed by atoms with E-state index >= 15 is 0 Å². The van der Waals surface area contributed by atoms with Gasteiger partial charge >= 0.3 is 6.18 Å². The minimum atomic E-state index is -4.24. The van der Waals surface area contributed by atoms with Gasteiger partial charge in [-0.1, -0.05) is 32.0 Å². The molecular formula is C12H14F3N. The van der Waals surface area contributed by atoms with E-state index in [4.69, 9.17) is 0 Å². The topological polar surface area (TPSA) is 12.0 Å². The predicted octanol–water partition coefficient (Wildman–Crippen LogP) is 4.08. The minimum absolute atomic E-state index is 0.152. The Balaban J connectivity index is 0.000000606. The number of fused-ring (bicyclic) bond motifs is 1. The van der Waals surface area contributed by atoms with Gasteiger partial charge in [-0.25, -0.2) is 0 Å². The molecule has 1 aromatic rings. The Morgan fingerprint density at radius 2 is 1.75 bits per heavy atom. The van der Waals surface area contributed by atoms with Gasteiger partial charge in [0.2, 0.25) is 0 Å². The number of anilines is 1. The zero-order valence-electron chi connectivity index (χ0n) is 9.23. The average Bonchev–Trinajstić information content (AvgIpc) is 2.30. The van der Waals surface area contributed by atoms with Crippen LogP contribution in [-0.4, -0.2) is 12.7 Å². The van der Waals surface area contributed by atoms with Crippen LogP contribution in [0.15, 0.2) is 29.8 Å². The van der Waals surface area contributed by atoms with E-state index in [0.29, 0.717) is 5.56 Å². The fraction of sp³-hybridized carbons (Fsp3) is 0.333. The van der Waals surface area contributed by atoms with Crippen molar-refractivity contribution in [2.24, 2.45) is 0 Å². The van der Waals surface area contributed by atoms with Crippen LogP contribution in [0.3, 0.4) is 0 Å². The zero-order chi connectivity index (χ0) is 12.2. The van der Waals surface area contributed by atoms with Crippen LogP contribution in [0.4, 0.5) is 18.9 Å². The average molecular weight is 229 g/mol. The van der Waals surface area contributed by atoms with Gasteiger partial charge in [-0.3, -0.25) is 0 Å². The molecule has 16 heavy (non-hydrogen) atoms. The molecule has 0 fully saturated rings. The Kier molecular flexibility index (Phi) is 3.99. The van der Waals surface area contributed by atoms with Gasteiger partial charge < -0.3 is 5.32 Å². The molecule has 0 bridgehead atoms. The Hall–Kier alpha value is -1.45. The normalized spacial score (nSPS) is 13.9. The molecule has 1 aliphatic heterocycles. The van der Waals surface area contributed by atoms with E-state index in [1.807, 2.05) is 13.8 Å². The van der Waals surface area contributed by atoms with Crippen molar-refractivity contribution in [3.8, 4) is 0 Å². The number of halogens is 3. The molecule has 4 heteroatoms. The van der Waals surface area contributed by atoms with E-state index in [2.05, 4.69) is 5.32 Å². The van der Waals surface area contributed by atoms with Crippen LogP contribution >= 0.6 is 0 Å². The van der Waals surface area contributed by atoms with Crippen molar-refractivity contribution >= 4 is 11.8 Å². The summed E-state index contributed by atoms with van der Waals surface area (Å²) in [6.07, 6.45) is -3.05. The van der Waals surface area contributed by atoms with Crippen molar-refractivity contribution in [1.82, 2.24) is 0 Å². The van der Waals surface area contributed by atoms with Gasteiger partial charge in [-0.05, 0) is 17.7 Å². The maximum atomic E-state index is 12.3. The Bertz CT molecular complexity index is 380. The molecule has 1 nitrogen and oxygen atoms in total. The number of nitrogens with one attached hydrogen (secondary N) is 1. The Morgan fingerprint density at radius 3 is 2.38 bits per heavy atom. The van der Waals surface area contributed by atoms with Gasteiger partial charge in [-0.15, -0.1) is 0 Å². The molecule has 88 valence electrons. The summed E-state index contributed by atoms with van der Waals surface area (Å²) in [5.74, 6) is 0. The maximum absolute atomic E-state index is 12.3. The standard InChI is InChI=1S/C10H8F3N.C2H6/c11-10(12,13)8-5-7-3-1-2-4-9(7)14-6-8;1-2/h1-5,14H,6H2;1-2H3. The van der Waals surface area contributed by atoms with Crippen molar-refractivity contribution in [3.63, 3.8) is 0 Å². The first-order chi connectivity index (χ1) is 7.57. The smallest absolute Gasteiger partial charge is 0.380 e. The Labute approximate surface area is 93.0 Å². The highest BCUT2D eigenvalue weighted by Gasteiger charge is 2.34. The lowest BCUT2D eigenvalue weighted by Gasteiger charge is -2.20. The second-order valence-electron chi connectivity index (χ2n) is 3.11. The Morgan fingerprint density at radius 1 is 1.12 bits per heavy atom. The van der Waals surface area contributed by atoms with Crippen LogP contribution in [-0.2, 0) is 0 Å². The SMILES string of the molecule is CC.FC(F)(F)C1=Cc2ccccc2NC1. The highest BCUT2D eigenvalue weighted by molar-refractivity contribution is 5.72. The number of alkyl halides is 3. The van der Waals surface area contributed by atoms with Gasteiger partial charge in [0.15, 0.2) is 0 Å². The molecule has 0 radical (unpaired) electrons. The van der Waals surface area contributed by atoms with Crippen molar-refractivity contribution < 1.29 is 13.2 Å². The monoisotopic (exact) mass is 229 g/mol. The highest BCUT2D eigenvalue weighted by atomic mass is 19.4. The number of rotatable bonds is 0. The summed E-state index contributed by atoms with van der Waals surface area (Å²) in [6, 6.07) is 6.93. The summed E-state index contributed by atoms with van der Waals surface area (Å²) in [6.45, 7) is 3.85. The maximum Gasteiger partial charge on any atom is 0.414 e. The van der Waals surface area contributed by atoms with Gasteiger partial charge in [-0.2, -0.15) is 13.2 Å². The highest BCUT2D eigenvalue weighted by Crippen LogP contribution is 2.32. The van der Waals surface area contributed by atoms with Crippen LogP contribution in [0, 0.1) is 0 Å². The van der Waals surface area contributed by atoms with E-state index in [1.54, 1.807) is 24.3 Å². The van der Waals surface area contributed by atoms with E-state index in [-0.39, 0.29) is 6.54 Å². The number of para-hydroxylation sites is 1. The molecule has 1 N–H and O–H groups in total. The van der Waals surface area contributed by atoms with Crippen molar-refractivity contribution in [2.75, 3.05) is 11.9 Å². The first-order valence-corrected chi connectivity index (χ1v) is 5.18. The van der Waals surface area contributed by atoms with Gasteiger partial charge in [0.05, 0.1) is 5.57 Å². The summed E-state index contributed by atoms with van der Waals surface area (Å²) < 4.78 is 37.0. The third-order valence-electron chi connectivity index (χ3n) is 2.12. The summed E-state index contributed by atoms with van der Waals surface area (Å²) in [5.41, 5.74) is 0.808. The molecule has 0 unspecified atom stereocenters.